The lowest BCUT2D eigenvalue weighted by atomic mass is 9.88. The van der Waals surface area contributed by atoms with E-state index in [2.05, 4.69) is 315 Å². The third kappa shape index (κ3) is 8.61. The van der Waals surface area contributed by atoms with Crippen molar-refractivity contribution in [3.63, 3.8) is 0 Å². The van der Waals surface area contributed by atoms with E-state index in [1.807, 2.05) is 0 Å². The summed E-state index contributed by atoms with van der Waals surface area (Å²) in [6.07, 6.45) is 0. The Hall–Kier alpha value is -10.4. The van der Waals surface area contributed by atoms with Crippen molar-refractivity contribution in [2.45, 2.75) is 0 Å². The minimum atomic E-state index is 1.16. The molecule has 0 spiro atoms. The first kappa shape index (κ1) is 46.9. The average molecular weight is 1010 g/mol. The van der Waals surface area contributed by atoms with E-state index in [0.717, 1.165) is 22.3 Å². The summed E-state index contributed by atoms with van der Waals surface area (Å²) in [6.45, 7) is 0. The Morgan fingerprint density at radius 1 is 0.113 bits per heavy atom. The molecule has 0 bridgehead atoms. The molecule has 80 heavy (non-hydrogen) atoms. The van der Waals surface area contributed by atoms with Crippen LogP contribution in [0.3, 0.4) is 0 Å². The van der Waals surface area contributed by atoms with E-state index in [4.69, 9.17) is 0 Å². The summed E-state index contributed by atoms with van der Waals surface area (Å²) in [5.74, 6) is 0. The molecule has 15 rings (SSSR count). The molecule has 15 aromatic carbocycles. The third-order valence-electron chi connectivity index (χ3n) is 16.4. The van der Waals surface area contributed by atoms with Gasteiger partial charge in [-0.1, -0.05) is 243 Å². The normalized spacial score (nSPS) is 11.5. The van der Waals surface area contributed by atoms with Gasteiger partial charge in [0.15, 0.2) is 0 Å². The van der Waals surface area contributed by atoms with Gasteiger partial charge < -0.3 is 0 Å². The molecular weight excluding hydrogens is 961 g/mol. The van der Waals surface area contributed by atoms with Crippen LogP contribution in [0.15, 0.2) is 315 Å². The molecule has 0 amide bonds. The van der Waals surface area contributed by atoms with Crippen LogP contribution in [0.5, 0.6) is 0 Å². The second kappa shape index (κ2) is 19.9. The number of fused-ring (bicyclic) bond motifs is 8. The lowest BCUT2D eigenvalue weighted by Crippen LogP contribution is -1.90. The van der Waals surface area contributed by atoms with Gasteiger partial charge in [-0.2, -0.15) is 0 Å². The SMILES string of the molecule is c1ccc(-c2cc(-c3ccccc3)c3ccc(-c4cc(-c5cccc(-c6cccc(-c7ccc8c9ccccc9c9ccccc9c8c7)c6)c5)cc(-c5ccc6c(-c7ccccc7)cc(-c7ccccc7)cc6c5)c4)cc3c2)cc1. The first-order chi connectivity index (χ1) is 39.6. The Bertz CT molecular complexity index is 4620. The minimum Gasteiger partial charge on any atom is -0.0622 e. The highest BCUT2D eigenvalue weighted by Gasteiger charge is 2.16. The van der Waals surface area contributed by atoms with Crippen LogP contribution in [-0.2, 0) is 0 Å². The Balaban J connectivity index is 0.883. The first-order valence-electron chi connectivity index (χ1n) is 27.7. The highest BCUT2D eigenvalue weighted by Crippen LogP contribution is 2.43. The lowest BCUT2D eigenvalue weighted by molar-refractivity contribution is 1.56. The summed E-state index contributed by atoms with van der Waals surface area (Å²) in [7, 11) is 0. The Labute approximate surface area is 466 Å². The van der Waals surface area contributed by atoms with E-state index in [9.17, 15) is 0 Å². The molecule has 0 nitrogen and oxygen atoms in total. The van der Waals surface area contributed by atoms with Crippen molar-refractivity contribution in [1.29, 1.82) is 0 Å². The van der Waals surface area contributed by atoms with Crippen molar-refractivity contribution in [3.8, 4) is 100 Å². The maximum absolute atomic E-state index is 2.40. The zero-order chi connectivity index (χ0) is 52.9. The fraction of sp³-hybridized carbons (Fsp3) is 0. The van der Waals surface area contributed by atoms with Crippen molar-refractivity contribution in [2.24, 2.45) is 0 Å². The van der Waals surface area contributed by atoms with E-state index < -0.39 is 0 Å². The van der Waals surface area contributed by atoms with Crippen LogP contribution in [0.25, 0.3) is 154 Å². The third-order valence-corrected chi connectivity index (χ3v) is 16.4. The largest absolute Gasteiger partial charge is 0.0622 e. The standard InChI is InChI=1S/C80H52/c1-5-19-53(20-6-1)67-48-69-43-61(35-38-71(69)78(51-67)55-23-9-3-10-24-55)65-45-64(46-66(47-65)62-36-39-72-70(44-62)49-68(54-21-7-2-8-22-54)52-79(72)56-25-11-4-12-26-56)60-30-18-28-58(42-60)57-27-17-29-59(41-57)63-37-40-77-75-33-14-13-31-73(75)74-32-15-16-34-76(74)80(77)50-63/h1-52H. The number of rotatable bonds is 9. The second-order valence-corrected chi connectivity index (χ2v) is 21.2. The van der Waals surface area contributed by atoms with Crippen LogP contribution < -0.4 is 0 Å². The van der Waals surface area contributed by atoms with Crippen LogP contribution in [-0.4, -0.2) is 0 Å². The van der Waals surface area contributed by atoms with Crippen molar-refractivity contribution < 1.29 is 0 Å². The summed E-state index contributed by atoms with van der Waals surface area (Å²) < 4.78 is 0. The Morgan fingerprint density at radius 3 is 0.762 bits per heavy atom. The molecule has 0 heteroatoms. The monoisotopic (exact) mass is 1010 g/mol. The van der Waals surface area contributed by atoms with Gasteiger partial charge in [0.05, 0.1) is 0 Å². The van der Waals surface area contributed by atoms with Crippen LogP contribution in [0.1, 0.15) is 0 Å². The molecule has 0 heterocycles. The van der Waals surface area contributed by atoms with E-state index in [0.29, 0.717) is 0 Å². The zero-order valence-corrected chi connectivity index (χ0v) is 44.0. The summed E-state index contributed by atoms with van der Waals surface area (Å²) in [4.78, 5) is 0. The number of hydrogen-bond acceptors (Lipinski definition) is 0. The predicted molar refractivity (Wildman–Crippen MR) is 343 cm³/mol. The summed E-state index contributed by atoms with van der Waals surface area (Å²) >= 11 is 0. The maximum Gasteiger partial charge on any atom is -0.00928 e. The van der Waals surface area contributed by atoms with Gasteiger partial charge >= 0.3 is 0 Å². The van der Waals surface area contributed by atoms with Crippen molar-refractivity contribution in [2.75, 3.05) is 0 Å². The highest BCUT2D eigenvalue weighted by molar-refractivity contribution is 6.25. The van der Waals surface area contributed by atoms with Crippen LogP contribution in [0, 0.1) is 0 Å². The molecule has 0 radical (unpaired) electrons. The van der Waals surface area contributed by atoms with E-state index in [1.165, 1.54) is 132 Å². The molecule has 0 aliphatic heterocycles. The lowest BCUT2D eigenvalue weighted by Gasteiger charge is -2.16. The molecule has 372 valence electrons. The predicted octanol–water partition coefficient (Wildman–Crippen LogP) is 22.5. The molecule has 0 aliphatic carbocycles. The number of benzene rings is 15. The van der Waals surface area contributed by atoms with Gasteiger partial charge in [0.25, 0.3) is 0 Å². The fourth-order valence-electron chi connectivity index (χ4n) is 12.4. The van der Waals surface area contributed by atoms with Crippen molar-refractivity contribution >= 4 is 53.9 Å². The first-order valence-corrected chi connectivity index (χ1v) is 27.7. The molecular formula is C80H52. The molecule has 0 aromatic heterocycles. The van der Waals surface area contributed by atoms with Gasteiger partial charge in [-0.25, -0.2) is 0 Å². The van der Waals surface area contributed by atoms with E-state index in [-0.39, 0.29) is 0 Å². The van der Waals surface area contributed by atoms with Crippen molar-refractivity contribution in [3.05, 3.63) is 315 Å². The molecule has 0 saturated carbocycles. The fourth-order valence-corrected chi connectivity index (χ4v) is 12.4. The van der Waals surface area contributed by atoms with Gasteiger partial charge in [-0.05, 0) is 227 Å². The summed E-state index contributed by atoms with van der Waals surface area (Å²) in [6, 6.07) is 117. The minimum absolute atomic E-state index is 1.16. The average Bonchev–Trinajstić information content (AvgIpc) is 3.68. The van der Waals surface area contributed by atoms with E-state index >= 15 is 0 Å². The molecule has 0 unspecified atom stereocenters. The molecule has 0 saturated heterocycles. The van der Waals surface area contributed by atoms with Gasteiger partial charge in [0.1, 0.15) is 0 Å². The van der Waals surface area contributed by atoms with Gasteiger partial charge in [-0.3, -0.25) is 0 Å². The molecule has 0 atom stereocenters. The van der Waals surface area contributed by atoms with Crippen LogP contribution >= 0.6 is 0 Å². The number of hydrogen-bond donors (Lipinski definition) is 0. The van der Waals surface area contributed by atoms with Crippen molar-refractivity contribution in [1.82, 2.24) is 0 Å². The quantitative estimate of drug-likeness (QED) is 0.126. The zero-order valence-electron chi connectivity index (χ0n) is 44.0. The maximum atomic E-state index is 2.40. The van der Waals surface area contributed by atoms with Crippen LogP contribution in [0.2, 0.25) is 0 Å². The Kier molecular flexibility index (Phi) is 11.6. The topological polar surface area (TPSA) is 0 Å². The molecule has 15 aromatic rings. The molecule has 0 fully saturated rings. The smallest absolute Gasteiger partial charge is 0.00928 e. The van der Waals surface area contributed by atoms with E-state index in [1.54, 1.807) is 0 Å². The van der Waals surface area contributed by atoms with Crippen LogP contribution in [0.4, 0.5) is 0 Å². The summed E-state index contributed by atoms with van der Waals surface area (Å²) in [5.41, 5.74) is 21.4. The van der Waals surface area contributed by atoms with Gasteiger partial charge in [0, 0.05) is 0 Å². The molecule has 0 N–H and O–H groups in total. The van der Waals surface area contributed by atoms with Gasteiger partial charge in [0.2, 0.25) is 0 Å². The van der Waals surface area contributed by atoms with Gasteiger partial charge in [-0.15, -0.1) is 0 Å². The Morgan fingerprint density at radius 2 is 0.362 bits per heavy atom. The summed E-state index contributed by atoms with van der Waals surface area (Å²) in [5, 5.41) is 12.6. The second-order valence-electron chi connectivity index (χ2n) is 21.2. The molecule has 0 aliphatic rings. The highest BCUT2D eigenvalue weighted by atomic mass is 14.2.